The molecule has 2 rings (SSSR count). The number of hydrogen-bond donors (Lipinski definition) is 1. The Hall–Kier alpha value is -1.37. The number of hydrogen-bond acceptors (Lipinski definition) is 3. The van der Waals surface area contributed by atoms with E-state index < -0.39 is 5.69 Å². The molecule has 98 valence electrons. The summed E-state index contributed by atoms with van der Waals surface area (Å²) in [5.74, 6) is 0.304. The molecule has 0 aliphatic carbocycles. The van der Waals surface area contributed by atoms with Gasteiger partial charge in [-0.3, -0.25) is 14.3 Å². The van der Waals surface area contributed by atoms with Crippen LogP contribution in [0.3, 0.4) is 0 Å². The summed E-state index contributed by atoms with van der Waals surface area (Å²) in [6.07, 6.45) is 1.59. The fourth-order valence-electron chi connectivity index (χ4n) is 1.92. The van der Waals surface area contributed by atoms with Gasteiger partial charge in [0.25, 0.3) is 5.56 Å². The summed E-state index contributed by atoms with van der Waals surface area (Å²) in [7, 11) is 0. The van der Waals surface area contributed by atoms with Gasteiger partial charge in [0.05, 0.1) is 6.33 Å². The zero-order valence-corrected chi connectivity index (χ0v) is 11.9. The molecule has 0 unspecified atom stereocenters. The molecule has 2 aromatic heterocycles. The summed E-state index contributed by atoms with van der Waals surface area (Å²) in [6, 6.07) is 0. The lowest BCUT2D eigenvalue weighted by Crippen LogP contribution is -2.32. The van der Waals surface area contributed by atoms with E-state index in [2.05, 4.69) is 25.9 Å². The van der Waals surface area contributed by atoms with Gasteiger partial charge < -0.3 is 4.57 Å². The van der Waals surface area contributed by atoms with Gasteiger partial charge in [-0.2, -0.15) is 0 Å². The van der Waals surface area contributed by atoms with Crippen LogP contribution in [0.25, 0.3) is 11.2 Å². The Labute approximate surface area is 112 Å². The van der Waals surface area contributed by atoms with Crippen molar-refractivity contribution >= 4 is 27.1 Å². The van der Waals surface area contributed by atoms with Crippen LogP contribution < -0.4 is 11.2 Å². The van der Waals surface area contributed by atoms with Gasteiger partial charge in [-0.15, -0.1) is 0 Å². The normalized spacial score (nSPS) is 11.6. The first-order chi connectivity index (χ1) is 8.54. The summed E-state index contributed by atoms with van der Waals surface area (Å²) in [5.41, 5.74) is 0.131. The molecule has 0 aliphatic heterocycles. The Balaban J connectivity index is 2.72. The summed E-state index contributed by atoms with van der Waals surface area (Å²) in [6.45, 7) is 5.20. The van der Waals surface area contributed by atoms with Crippen molar-refractivity contribution < 1.29 is 0 Å². The Morgan fingerprint density at radius 2 is 2.17 bits per heavy atom. The van der Waals surface area contributed by atoms with E-state index in [4.69, 9.17) is 0 Å². The molecule has 18 heavy (non-hydrogen) atoms. The summed E-state index contributed by atoms with van der Waals surface area (Å²) in [4.78, 5) is 30.2. The number of fused-ring (bicyclic) bond motifs is 1. The SMILES string of the molecule is CC(C)Cn1c(=O)[nH]c(=O)c2c1ncn2CCBr. The Morgan fingerprint density at radius 1 is 1.44 bits per heavy atom. The van der Waals surface area contributed by atoms with Crippen molar-refractivity contribution in [1.29, 1.82) is 0 Å². The number of halogens is 1. The lowest BCUT2D eigenvalue weighted by molar-refractivity contribution is 0.513. The van der Waals surface area contributed by atoms with Gasteiger partial charge in [0, 0.05) is 18.4 Å². The molecular weight excluding hydrogens is 300 g/mol. The van der Waals surface area contributed by atoms with Crippen LogP contribution in [-0.2, 0) is 13.1 Å². The number of H-pyrrole nitrogens is 1. The molecule has 0 spiro atoms. The molecule has 0 aliphatic rings. The minimum absolute atomic E-state index is 0.304. The first kappa shape index (κ1) is 13.1. The lowest BCUT2D eigenvalue weighted by Gasteiger charge is -2.09. The zero-order chi connectivity index (χ0) is 13.3. The monoisotopic (exact) mass is 314 g/mol. The molecule has 1 N–H and O–H groups in total. The topological polar surface area (TPSA) is 72.7 Å². The van der Waals surface area contributed by atoms with Gasteiger partial charge >= 0.3 is 5.69 Å². The minimum atomic E-state index is -0.398. The Morgan fingerprint density at radius 3 is 2.78 bits per heavy atom. The summed E-state index contributed by atoms with van der Waals surface area (Å²) >= 11 is 3.32. The standard InChI is InChI=1S/C11H15BrN4O2/c1-7(2)5-16-9-8(10(17)14-11(16)18)15(4-3-12)6-13-9/h6-7H,3-5H2,1-2H3,(H,14,17,18). The number of rotatable bonds is 4. The van der Waals surface area contributed by atoms with Crippen LogP contribution in [0.2, 0.25) is 0 Å². The number of alkyl halides is 1. The molecule has 0 amide bonds. The van der Waals surface area contributed by atoms with Crippen molar-refractivity contribution in [3.8, 4) is 0 Å². The molecule has 0 fully saturated rings. The van der Waals surface area contributed by atoms with Crippen LogP contribution in [-0.4, -0.2) is 24.4 Å². The molecule has 2 aromatic rings. The Bertz CT molecular complexity index is 668. The van der Waals surface area contributed by atoms with E-state index in [-0.39, 0.29) is 5.56 Å². The highest BCUT2D eigenvalue weighted by atomic mass is 79.9. The van der Waals surface area contributed by atoms with Crippen LogP contribution in [0.4, 0.5) is 0 Å². The second-order valence-electron chi connectivity index (χ2n) is 4.56. The van der Waals surface area contributed by atoms with Gasteiger partial charge in [0.1, 0.15) is 0 Å². The number of aromatic amines is 1. The number of aryl methyl sites for hydroxylation is 1. The van der Waals surface area contributed by atoms with Crippen molar-refractivity contribution in [2.75, 3.05) is 5.33 Å². The van der Waals surface area contributed by atoms with E-state index >= 15 is 0 Å². The Kier molecular flexibility index (Phi) is 3.70. The predicted molar refractivity (Wildman–Crippen MR) is 73.2 cm³/mol. The quantitative estimate of drug-likeness (QED) is 0.854. The lowest BCUT2D eigenvalue weighted by atomic mass is 10.2. The van der Waals surface area contributed by atoms with Crippen molar-refractivity contribution in [2.24, 2.45) is 5.92 Å². The van der Waals surface area contributed by atoms with Crippen molar-refractivity contribution in [1.82, 2.24) is 19.1 Å². The van der Waals surface area contributed by atoms with E-state index in [9.17, 15) is 9.59 Å². The molecule has 0 bridgehead atoms. The van der Waals surface area contributed by atoms with Crippen LogP contribution >= 0.6 is 15.9 Å². The maximum Gasteiger partial charge on any atom is 0.330 e. The maximum atomic E-state index is 11.8. The van der Waals surface area contributed by atoms with Gasteiger partial charge in [-0.25, -0.2) is 9.78 Å². The molecule has 0 radical (unpaired) electrons. The van der Waals surface area contributed by atoms with Crippen molar-refractivity contribution in [3.05, 3.63) is 27.2 Å². The first-order valence-corrected chi connectivity index (χ1v) is 6.90. The van der Waals surface area contributed by atoms with Crippen LogP contribution in [0, 0.1) is 5.92 Å². The van der Waals surface area contributed by atoms with Crippen LogP contribution in [0.15, 0.2) is 15.9 Å². The van der Waals surface area contributed by atoms with Gasteiger partial charge in [-0.05, 0) is 5.92 Å². The van der Waals surface area contributed by atoms with Crippen LogP contribution in [0.1, 0.15) is 13.8 Å². The van der Waals surface area contributed by atoms with Crippen molar-refractivity contribution in [2.45, 2.75) is 26.9 Å². The molecule has 0 atom stereocenters. The fraction of sp³-hybridized carbons (Fsp3) is 0.545. The van der Waals surface area contributed by atoms with Gasteiger partial charge in [-0.1, -0.05) is 29.8 Å². The molecular formula is C11H15BrN4O2. The number of nitrogens with zero attached hydrogens (tertiary/aromatic N) is 3. The number of nitrogens with one attached hydrogen (secondary N) is 1. The minimum Gasteiger partial charge on any atom is -0.324 e. The maximum absolute atomic E-state index is 11.8. The number of imidazole rings is 1. The van der Waals surface area contributed by atoms with E-state index in [1.165, 1.54) is 4.57 Å². The molecule has 6 nitrogen and oxygen atoms in total. The first-order valence-electron chi connectivity index (χ1n) is 5.78. The fourth-order valence-corrected chi connectivity index (χ4v) is 2.30. The average Bonchev–Trinajstić information content (AvgIpc) is 2.69. The predicted octanol–water partition coefficient (Wildman–Crippen LogP) is 0.937. The smallest absolute Gasteiger partial charge is 0.324 e. The number of aromatic nitrogens is 4. The van der Waals surface area contributed by atoms with E-state index in [0.717, 1.165) is 5.33 Å². The highest BCUT2D eigenvalue weighted by molar-refractivity contribution is 9.09. The van der Waals surface area contributed by atoms with E-state index in [1.54, 1.807) is 10.9 Å². The molecule has 0 saturated heterocycles. The highest BCUT2D eigenvalue weighted by Crippen LogP contribution is 2.08. The summed E-state index contributed by atoms with van der Waals surface area (Å²) < 4.78 is 3.27. The second kappa shape index (κ2) is 5.09. The third-order valence-electron chi connectivity index (χ3n) is 2.63. The molecule has 2 heterocycles. The van der Waals surface area contributed by atoms with Gasteiger partial charge in [0.2, 0.25) is 0 Å². The molecule has 7 heteroatoms. The van der Waals surface area contributed by atoms with Crippen molar-refractivity contribution in [3.63, 3.8) is 0 Å². The molecule has 0 saturated carbocycles. The second-order valence-corrected chi connectivity index (χ2v) is 5.36. The third-order valence-corrected chi connectivity index (χ3v) is 2.98. The van der Waals surface area contributed by atoms with Crippen LogP contribution in [0.5, 0.6) is 0 Å². The third kappa shape index (κ3) is 2.27. The van der Waals surface area contributed by atoms with Gasteiger partial charge in [0.15, 0.2) is 11.2 Å². The molecule has 0 aromatic carbocycles. The van der Waals surface area contributed by atoms with E-state index in [0.29, 0.717) is 30.2 Å². The summed E-state index contributed by atoms with van der Waals surface area (Å²) in [5, 5.41) is 0.723. The highest BCUT2D eigenvalue weighted by Gasteiger charge is 2.13. The largest absolute Gasteiger partial charge is 0.330 e. The zero-order valence-electron chi connectivity index (χ0n) is 10.3. The average molecular weight is 315 g/mol. The van der Waals surface area contributed by atoms with E-state index in [1.807, 2.05) is 13.8 Å².